The van der Waals surface area contributed by atoms with Crippen LogP contribution in [0, 0.1) is 5.82 Å². The summed E-state index contributed by atoms with van der Waals surface area (Å²) in [6.45, 7) is 0.0511. The average molecular weight is 474 g/mol. The molecule has 1 aromatic carbocycles. The average Bonchev–Trinajstić information content (AvgIpc) is 3.60. The van der Waals surface area contributed by atoms with E-state index in [0.29, 0.717) is 24.6 Å². The summed E-state index contributed by atoms with van der Waals surface area (Å²) in [6.07, 6.45) is 1.51. The number of benzene rings is 1. The van der Waals surface area contributed by atoms with Gasteiger partial charge in [0.2, 0.25) is 5.91 Å². The van der Waals surface area contributed by atoms with Crippen LogP contribution in [0.2, 0.25) is 0 Å². The molecule has 8 nitrogen and oxygen atoms in total. The predicted octanol–water partition coefficient (Wildman–Crippen LogP) is 3.35. The Hall–Kier alpha value is -4.09. The molecule has 4 rings (SSSR count). The molecule has 12 heteroatoms. The topological polar surface area (TPSA) is 109 Å². The summed E-state index contributed by atoms with van der Waals surface area (Å²) in [7, 11) is 0. The van der Waals surface area contributed by atoms with E-state index in [0.717, 1.165) is 12.1 Å². The van der Waals surface area contributed by atoms with Crippen LogP contribution >= 0.6 is 0 Å². The van der Waals surface area contributed by atoms with Crippen molar-refractivity contribution in [2.75, 3.05) is 5.32 Å². The maximum atomic E-state index is 13.3. The lowest BCUT2D eigenvalue weighted by Crippen LogP contribution is -2.48. The Morgan fingerprint density at radius 2 is 1.76 bits per heavy atom. The highest BCUT2D eigenvalue weighted by Crippen LogP contribution is 2.37. The largest absolute Gasteiger partial charge is 0.418 e. The van der Waals surface area contributed by atoms with Crippen molar-refractivity contribution in [3.05, 3.63) is 77.9 Å². The number of anilines is 2. The summed E-state index contributed by atoms with van der Waals surface area (Å²) in [4.78, 5) is 36.6. The van der Waals surface area contributed by atoms with Crippen LogP contribution in [0.3, 0.4) is 0 Å². The van der Waals surface area contributed by atoms with Gasteiger partial charge in [0.1, 0.15) is 17.7 Å². The van der Waals surface area contributed by atoms with Crippen LogP contribution in [0.25, 0.3) is 0 Å². The van der Waals surface area contributed by atoms with Gasteiger partial charge >= 0.3 is 6.18 Å². The van der Waals surface area contributed by atoms with E-state index in [1.807, 2.05) is 0 Å². The minimum Gasteiger partial charge on any atom is -0.354 e. The number of nitrogens with zero attached hydrogens (tertiary/aromatic N) is 3. The first-order valence-electron chi connectivity index (χ1n) is 10.1. The molecule has 0 bridgehead atoms. The number of hydrogen-bond acceptors (Lipinski definition) is 6. The smallest absolute Gasteiger partial charge is 0.354 e. The molecule has 1 aliphatic rings. The highest BCUT2D eigenvalue weighted by atomic mass is 19.4. The van der Waals surface area contributed by atoms with Gasteiger partial charge in [0, 0.05) is 12.4 Å². The van der Waals surface area contributed by atoms with Crippen molar-refractivity contribution < 1.29 is 27.2 Å². The summed E-state index contributed by atoms with van der Waals surface area (Å²) < 4.78 is 52.7. The van der Waals surface area contributed by atoms with Crippen LogP contribution in [-0.2, 0) is 17.5 Å². The Kier molecular flexibility index (Phi) is 6.14. The number of pyridine rings is 1. The third-order valence-corrected chi connectivity index (χ3v) is 5.18. The van der Waals surface area contributed by atoms with Crippen LogP contribution in [0.15, 0.2) is 55.2 Å². The Labute approximate surface area is 190 Å². The van der Waals surface area contributed by atoms with Crippen molar-refractivity contribution in [2.45, 2.75) is 31.1 Å². The fraction of sp³-hybridized carbons (Fsp3) is 0.227. The van der Waals surface area contributed by atoms with Crippen LogP contribution in [-0.4, -0.2) is 32.3 Å². The lowest BCUT2D eigenvalue weighted by atomic mass is 10.1. The van der Waals surface area contributed by atoms with Crippen molar-refractivity contribution in [1.82, 2.24) is 25.6 Å². The molecule has 1 saturated carbocycles. The Bertz CT molecular complexity index is 1200. The molecule has 3 N–H and O–H groups in total. The highest BCUT2D eigenvalue weighted by Gasteiger charge is 2.51. The molecule has 1 fully saturated rings. The Morgan fingerprint density at radius 3 is 2.38 bits per heavy atom. The second-order valence-electron chi connectivity index (χ2n) is 7.70. The number of rotatable bonds is 7. The van der Waals surface area contributed by atoms with E-state index in [1.54, 1.807) is 0 Å². The molecule has 2 amide bonds. The zero-order chi connectivity index (χ0) is 24.3. The van der Waals surface area contributed by atoms with Crippen LogP contribution in [0.1, 0.15) is 34.5 Å². The van der Waals surface area contributed by atoms with E-state index in [4.69, 9.17) is 0 Å². The van der Waals surface area contributed by atoms with Crippen LogP contribution < -0.4 is 16.0 Å². The molecule has 0 aliphatic heterocycles. The monoisotopic (exact) mass is 474 g/mol. The van der Waals surface area contributed by atoms with Crippen molar-refractivity contribution in [1.29, 1.82) is 0 Å². The van der Waals surface area contributed by atoms with Crippen LogP contribution in [0.4, 0.5) is 28.9 Å². The van der Waals surface area contributed by atoms with Gasteiger partial charge in [0.05, 0.1) is 40.9 Å². The third kappa shape index (κ3) is 5.27. The van der Waals surface area contributed by atoms with E-state index in [1.165, 1.54) is 37.1 Å². The van der Waals surface area contributed by atoms with Gasteiger partial charge in [0.25, 0.3) is 5.91 Å². The number of carbonyl (C=O) groups is 2. The predicted molar refractivity (Wildman–Crippen MR) is 112 cm³/mol. The molecular weight excluding hydrogens is 456 g/mol. The first-order chi connectivity index (χ1) is 16.2. The molecule has 0 saturated heterocycles. The van der Waals surface area contributed by atoms with E-state index < -0.39 is 29.0 Å². The molecule has 2 heterocycles. The van der Waals surface area contributed by atoms with E-state index in [9.17, 15) is 27.2 Å². The van der Waals surface area contributed by atoms with Gasteiger partial charge in [-0.1, -0.05) is 0 Å². The number of carbonyl (C=O) groups excluding carboxylic acids is 2. The molecule has 1 aliphatic carbocycles. The van der Waals surface area contributed by atoms with E-state index in [-0.39, 0.29) is 29.4 Å². The lowest BCUT2D eigenvalue weighted by molar-refractivity contribution is -0.137. The maximum absolute atomic E-state index is 13.3. The quantitative estimate of drug-likeness (QED) is 0.453. The van der Waals surface area contributed by atoms with Gasteiger partial charge in [0.15, 0.2) is 0 Å². The lowest BCUT2D eigenvalue weighted by Gasteiger charge is -2.17. The fourth-order valence-electron chi connectivity index (χ4n) is 3.20. The summed E-state index contributed by atoms with van der Waals surface area (Å²) in [5, 5.41) is 7.98. The number of alkyl halides is 3. The molecule has 0 spiro atoms. The molecule has 0 radical (unpaired) electrons. The zero-order valence-electron chi connectivity index (χ0n) is 17.5. The Morgan fingerprint density at radius 1 is 1.03 bits per heavy atom. The number of halogens is 4. The van der Waals surface area contributed by atoms with Gasteiger partial charge in [-0.15, -0.1) is 0 Å². The number of nitrogens with one attached hydrogen (secondary N) is 3. The van der Waals surface area contributed by atoms with E-state index >= 15 is 0 Å². The molecule has 2 aromatic heterocycles. The van der Waals surface area contributed by atoms with Gasteiger partial charge in [-0.3, -0.25) is 14.6 Å². The maximum Gasteiger partial charge on any atom is 0.418 e. The Balaban J connectivity index is 1.35. The van der Waals surface area contributed by atoms with Crippen molar-refractivity contribution in [3.8, 4) is 0 Å². The standard InChI is InChI=1S/C22H18F4N6O2/c23-14-1-4-18(17(7-14)22(24,25)26)31-16-3-2-15(29-11-16)10-30-20(34)21(5-6-21)32-19(33)13-8-27-12-28-9-13/h1-4,7-9,11-12,31H,5-6,10H2,(H,30,34)(H,32,33). The van der Waals surface area contributed by atoms with E-state index in [2.05, 4.69) is 30.9 Å². The molecular formula is C22H18F4N6O2. The first-order valence-corrected chi connectivity index (χ1v) is 10.1. The minimum atomic E-state index is -4.73. The van der Waals surface area contributed by atoms with Gasteiger partial charge in [-0.2, -0.15) is 13.2 Å². The third-order valence-electron chi connectivity index (χ3n) is 5.18. The molecule has 0 unspecified atom stereocenters. The van der Waals surface area contributed by atoms with Gasteiger partial charge in [-0.05, 0) is 43.2 Å². The highest BCUT2D eigenvalue weighted by molar-refractivity contribution is 6.00. The number of hydrogen-bond donors (Lipinski definition) is 3. The second-order valence-corrected chi connectivity index (χ2v) is 7.70. The summed E-state index contributed by atoms with van der Waals surface area (Å²) in [5.74, 6) is -1.83. The fourth-order valence-corrected chi connectivity index (χ4v) is 3.20. The normalized spacial score (nSPS) is 14.2. The SMILES string of the molecule is O=C(NC1(C(=O)NCc2ccc(Nc3ccc(F)cc3C(F)(F)F)cn2)CC1)c1cncnc1. The van der Waals surface area contributed by atoms with Crippen LogP contribution in [0.5, 0.6) is 0 Å². The molecule has 176 valence electrons. The summed E-state index contributed by atoms with van der Waals surface area (Å²) in [6, 6.07) is 5.35. The van der Waals surface area contributed by atoms with Crippen molar-refractivity contribution in [3.63, 3.8) is 0 Å². The van der Waals surface area contributed by atoms with Gasteiger partial charge < -0.3 is 16.0 Å². The molecule has 0 atom stereocenters. The van der Waals surface area contributed by atoms with Gasteiger partial charge in [-0.25, -0.2) is 14.4 Å². The summed E-state index contributed by atoms with van der Waals surface area (Å²) in [5.41, 5.74) is -1.52. The zero-order valence-corrected chi connectivity index (χ0v) is 17.5. The summed E-state index contributed by atoms with van der Waals surface area (Å²) >= 11 is 0. The minimum absolute atomic E-state index is 0.0511. The molecule has 34 heavy (non-hydrogen) atoms. The number of aromatic nitrogens is 3. The first kappa shape index (κ1) is 23.1. The van der Waals surface area contributed by atoms with Crippen molar-refractivity contribution in [2.24, 2.45) is 0 Å². The second kappa shape index (κ2) is 9.04. The number of amides is 2. The van der Waals surface area contributed by atoms with Crippen molar-refractivity contribution >= 4 is 23.2 Å². The molecule has 3 aromatic rings.